The standard InChI is InChI=1S/C9H6F3NO/c10-7-3-6(4-13)1-2-8(7)14-5-9(11)12/h1-3,9H,5H2. The molecule has 0 atom stereocenters. The summed E-state index contributed by atoms with van der Waals surface area (Å²) in [4.78, 5) is 0. The van der Waals surface area contributed by atoms with Crippen LogP contribution in [-0.4, -0.2) is 13.0 Å². The average molecular weight is 201 g/mol. The van der Waals surface area contributed by atoms with Crippen molar-refractivity contribution in [3.8, 4) is 11.8 Å². The summed E-state index contributed by atoms with van der Waals surface area (Å²) in [5.74, 6) is -1.09. The molecule has 0 fully saturated rings. The van der Waals surface area contributed by atoms with Crippen LogP contribution in [0.15, 0.2) is 18.2 Å². The Morgan fingerprint density at radius 3 is 2.64 bits per heavy atom. The molecule has 0 radical (unpaired) electrons. The molecule has 14 heavy (non-hydrogen) atoms. The van der Waals surface area contributed by atoms with Crippen LogP contribution in [0.25, 0.3) is 0 Å². The number of ether oxygens (including phenoxy) is 1. The van der Waals surface area contributed by atoms with Crippen molar-refractivity contribution in [2.75, 3.05) is 6.61 Å². The molecule has 0 amide bonds. The van der Waals surface area contributed by atoms with E-state index in [1.54, 1.807) is 6.07 Å². The molecule has 0 aliphatic rings. The van der Waals surface area contributed by atoms with E-state index in [0.717, 1.165) is 12.1 Å². The predicted octanol–water partition coefficient (Wildman–Crippen LogP) is 2.34. The lowest BCUT2D eigenvalue weighted by atomic mass is 10.2. The highest BCUT2D eigenvalue weighted by Crippen LogP contribution is 2.18. The maximum atomic E-state index is 13.0. The van der Waals surface area contributed by atoms with Gasteiger partial charge in [0.05, 0.1) is 11.6 Å². The molecular formula is C9H6F3NO. The number of hydrogen-bond donors (Lipinski definition) is 0. The quantitative estimate of drug-likeness (QED) is 0.751. The number of rotatable bonds is 3. The third-order valence-corrected chi connectivity index (χ3v) is 1.43. The van der Waals surface area contributed by atoms with E-state index in [0.29, 0.717) is 0 Å². The Morgan fingerprint density at radius 1 is 1.43 bits per heavy atom. The summed E-state index contributed by atoms with van der Waals surface area (Å²) in [5, 5.41) is 8.39. The molecule has 2 nitrogen and oxygen atoms in total. The molecule has 0 spiro atoms. The van der Waals surface area contributed by atoms with Crippen molar-refractivity contribution in [2.45, 2.75) is 6.43 Å². The van der Waals surface area contributed by atoms with Crippen LogP contribution < -0.4 is 4.74 Å². The molecule has 0 aromatic heterocycles. The van der Waals surface area contributed by atoms with Crippen LogP contribution in [0.5, 0.6) is 5.75 Å². The SMILES string of the molecule is N#Cc1ccc(OCC(F)F)c(F)c1. The van der Waals surface area contributed by atoms with Crippen molar-refractivity contribution in [1.29, 1.82) is 5.26 Å². The van der Waals surface area contributed by atoms with Gasteiger partial charge >= 0.3 is 0 Å². The van der Waals surface area contributed by atoms with Crippen LogP contribution >= 0.6 is 0 Å². The van der Waals surface area contributed by atoms with Gasteiger partial charge in [-0.05, 0) is 18.2 Å². The summed E-state index contributed by atoms with van der Waals surface area (Å²) >= 11 is 0. The fraction of sp³-hybridized carbons (Fsp3) is 0.222. The van der Waals surface area contributed by atoms with Gasteiger partial charge in [-0.25, -0.2) is 13.2 Å². The molecule has 0 bridgehead atoms. The Hall–Kier alpha value is -1.70. The number of halogens is 3. The second kappa shape index (κ2) is 4.51. The molecule has 0 saturated heterocycles. The first-order valence-corrected chi connectivity index (χ1v) is 3.74. The van der Waals surface area contributed by atoms with Crippen LogP contribution in [0.2, 0.25) is 0 Å². The van der Waals surface area contributed by atoms with Gasteiger partial charge in [0.2, 0.25) is 0 Å². The Kier molecular flexibility index (Phi) is 3.35. The van der Waals surface area contributed by atoms with Crippen LogP contribution in [-0.2, 0) is 0 Å². The van der Waals surface area contributed by atoms with E-state index in [1.807, 2.05) is 0 Å². The minimum atomic E-state index is -2.65. The minimum absolute atomic E-state index is 0.117. The first-order valence-electron chi connectivity index (χ1n) is 3.74. The van der Waals surface area contributed by atoms with Crippen molar-refractivity contribution in [1.82, 2.24) is 0 Å². The largest absolute Gasteiger partial charge is 0.485 e. The van der Waals surface area contributed by atoms with E-state index in [9.17, 15) is 13.2 Å². The normalized spacial score (nSPS) is 9.93. The van der Waals surface area contributed by atoms with E-state index >= 15 is 0 Å². The van der Waals surface area contributed by atoms with Gasteiger partial charge in [-0.1, -0.05) is 0 Å². The van der Waals surface area contributed by atoms with Crippen molar-refractivity contribution >= 4 is 0 Å². The molecule has 0 heterocycles. The van der Waals surface area contributed by atoms with Crippen molar-refractivity contribution < 1.29 is 17.9 Å². The fourth-order valence-corrected chi connectivity index (χ4v) is 0.840. The molecule has 0 aliphatic heterocycles. The highest BCUT2D eigenvalue weighted by molar-refractivity contribution is 5.35. The molecule has 0 aliphatic carbocycles. The van der Waals surface area contributed by atoms with E-state index in [2.05, 4.69) is 4.74 Å². The molecule has 1 aromatic rings. The summed E-state index contributed by atoms with van der Waals surface area (Å²) in [7, 11) is 0. The van der Waals surface area contributed by atoms with Gasteiger partial charge in [-0.15, -0.1) is 0 Å². The lowest BCUT2D eigenvalue weighted by Crippen LogP contribution is -2.07. The number of alkyl halides is 2. The Bertz CT molecular complexity index is 360. The maximum Gasteiger partial charge on any atom is 0.272 e. The average Bonchev–Trinajstić information content (AvgIpc) is 2.15. The fourth-order valence-electron chi connectivity index (χ4n) is 0.840. The summed E-state index contributed by atoms with van der Waals surface area (Å²) in [6.45, 7) is -0.858. The molecule has 0 saturated carbocycles. The number of nitrogens with zero attached hydrogens (tertiary/aromatic N) is 1. The molecule has 74 valence electrons. The molecule has 0 N–H and O–H groups in total. The topological polar surface area (TPSA) is 33.0 Å². The van der Waals surface area contributed by atoms with Gasteiger partial charge in [0.25, 0.3) is 6.43 Å². The Morgan fingerprint density at radius 2 is 2.14 bits per heavy atom. The van der Waals surface area contributed by atoms with E-state index in [1.165, 1.54) is 6.07 Å². The van der Waals surface area contributed by atoms with Crippen molar-refractivity contribution in [3.05, 3.63) is 29.6 Å². The van der Waals surface area contributed by atoms with Gasteiger partial charge < -0.3 is 4.74 Å². The number of benzene rings is 1. The highest BCUT2D eigenvalue weighted by Gasteiger charge is 2.08. The number of nitriles is 1. The van der Waals surface area contributed by atoms with E-state index < -0.39 is 18.8 Å². The van der Waals surface area contributed by atoms with Gasteiger partial charge in [0.15, 0.2) is 11.6 Å². The lowest BCUT2D eigenvalue weighted by Gasteiger charge is -2.05. The smallest absolute Gasteiger partial charge is 0.272 e. The summed E-state index contributed by atoms with van der Waals surface area (Å²) < 4.78 is 40.8. The Balaban J connectivity index is 2.75. The summed E-state index contributed by atoms with van der Waals surface area (Å²) in [6.07, 6.45) is -2.65. The lowest BCUT2D eigenvalue weighted by molar-refractivity contribution is 0.0799. The monoisotopic (exact) mass is 201 g/mol. The zero-order valence-corrected chi connectivity index (χ0v) is 7.01. The molecule has 5 heteroatoms. The maximum absolute atomic E-state index is 13.0. The zero-order valence-electron chi connectivity index (χ0n) is 7.01. The minimum Gasteiger partial charge on any atom is -0.485 e. The van der Waals surface area contributed by atoms with Crippen LogP contribution in [0.3, 0.4) is 0 Å². The molecular weight excluding hydrogens is 195 g/mol. The molecule has 1 rings (SSSR count). The van der Waals surface area contributed by atoms with Crippen LogP contribution in [0.4, 0.5) is 13.2 Å². The van der Waals surface area contributed by atoms with Gasteiger partial charge in [0.1, 0.15) is 6.61 Å². The second-order valence-electron chi connectivity index (χ2n) is 2.46. The third kappa shape index (κ3) is 2.66. The van der Waals surface area contributed by atoms with Crippen LogP contribution in [0, 0.1) is 17.1 Å². The predicted molar refractivity (Wildman–Crippen MR) is 42.6 cm³/mol. The van der Waals surface area contributed by atoms with Gasteiger partial charge in [-0.3, -0.25) is 0 Å². The highest BCUT2D eigenvalue weighted by atomic mass is 19.3. The summed E-state index contributed by atoms with van der Waals surface area (Å²) in [5.41, 5.74) is 0.117. The third-order valence-electron chi connectivity index (χ3n) is 1.43. The second-order valence-corrected chi connectivity index (χ2v) is 2.46. The van der Waals surface area contributed by atoms with E-state index in [4.69, 9.17) is 5.26 Å². The van der Waals surface area contributed by atoms with Crippen molar-refractivity contribution in [3.63, 3.8) is 0 Å². The van der Waals surface area contributed by atoms with Crippen molar-refractivity contribution in [2.24, 2.45) is 0 Å². The van der Waals surface area contributed by atoms with Crippen LogP contribution in [0.1, 0.15) is 5.56 Å². The zero-order chi connectivity index (χ0) is 10.6. The Labute approximate surface area is 78.5 Å². The van der Waals surface area contributed by atoms with E-state index in [-0.39, 0.29) is 11.3 Å². The number of hydrogen-bond acceptors (Lipinski definition) is 2. The first-order chi connectivity index (χ1) is 6.63. The summed E-state index contributed by atoms with van der Waals surface area (Å²) in [6, 6.07) is 5.09. The van der Waals surface area contributed by atoms with Gasteiger partial charge in [-0.2, -0.15) is 5.26 Å². The molecule has 0 unspecified atom stereocenters. The van der Waals surface area contributed by atoms with Gasteiger partial charge in [0, 0.05) is 0 Å². The molecule has 1 aromatic carbocycles. The first kappa shape index (κ1) is 10.4.